The first-order chi connectivity index (χ1) is 12.3. The van der Waals surface area contributed by atoms with Gasteiger partial charge in [-0.2, -0.15) is 4.98 Å². The summed E-state index contributed by atoms with van der Waals surface area (Å²) in [5.74, 6) is 2.43. The van der Waals surface area contributed by atoms with Gasteiger partial charge in [-0.15, -0.1) is 0 Å². The van der Waals surface area contributed by atoms with Crippen LogP contribution in [-0.2, 0) is 6.42 Å². The maximum Gasteiger partial charge on any atom is 0.229 e. The van der Waals surface area contributed by atoms with Crippen molar-refractivity contribution in [3.05, 3.63) is 41.6 Å². The van der Waals surface area contributed by atoms with Crippen LogP contribution in [0.2, 0.25) is 0 Å². The van der Waals surface area contributed by atoms with Gasteiger partial charge in [0.15, 0.2) is 0 Å². The van der Waals surface area contributed by atoms with Crippen LogP contribution in [-0.4, -0.2) is 36.7 Å². The molecule has 3 heterocycles. The lowest BCUT2D eigenvalue weighted by Crippen LogP contribution is -2.12. The van der Waals surface area contributed by atoms with Crippen molar-refractivity contribution in [2.75, 3.05) is 37.4 Å². The van der Waals surface area contributed by atoms with Crippen molar-refractivity contribution in [1.29, 1.82) is 0 Å². The maximum atomic E-state index is 5.94. The van der Waals surface area contributed by atoms with Gasteiger partial charge < -0.3 is 20.7 Å². The molecule has 25 heavy (non-hydrogen) atoms. The van der Waals surface area contributed by atoms with E-state index in [9.17, 15) is 0 Å². The van der Waals surface area contributed by atoms with Crippen molar-refractivity contribution in [3.8, 4) is 5.75 Å². The predicted molar refractivity (Wildman–Crippen MR) is 101 cm³/mol. The van der Waals surface area contributed by atoms with Crippen LogP contribution in [0.5, 0.6) is 5.75 Å². The average Bonchev–Trinajstić information content (AvgIpc) is 2.94. The highest BCUT2D eigenvalue weighted by molar-refractivity contribution is 5.77. The molecule has 2 aliphatic heterocycles. The first kappa shape index (κ1) is 15.9. The number of allylic oxidation sites excluding steroid dienone is 1. The third kappa shape index (κ3) is 3.44. The zero-order chi connectivity index (χ0) is 17.1. The Bertz CT molecular complexity index is 802. The zero-order valence-electron chi connectivity index (χ0n) is 14.4. The maximum absolute atomic E-state index is 5.94. The normalized spacial score (nSPS) is 16.4. The molecule has 0 bridgehead atoms. The summed E-state index contributed by atoms with van der Waals surface area (Å²) in [6.45, 7) is 2.73. The van der Waals surface area contributed by atoms with Gasteiger partial charge in [-0.3, -0.25) is 0 Å². The van der Waals surface area contributed by atoms with E-state index >= 15 is 0 Å². The lowest BCUT2D eigenvalue weighted by molar-refractivity contribution is 0.356. The van der Waals surface area contributed by atoms with E-state index in [1.54, 1.807) is 6.20 Å². The number of hydrogen-bond donors (Lipinski definition) is 3. The summed E-state index contributed by atoms with van der Waals surface area (Å²) in [6, 6.07) is 6.16. The molecule has 0 unspecified atom stereocenters. The minimum atomic E-state index is 0.591. The summed E-state index contributed by atoms with van der Waals surface area (Å²) in [4.78, 5) is 8.76. The summed E-state index contributed by atoms with van der Waals surface area (Å²) in [5, 5.41) is 9.80. The van der Waals surface area contributed by atoms with E-state index in [2.05, 4.69) is 44.1 Å². The number of ether oxygens (including phenoxy) is 1. The number of anilines is 3. The molecule has 1 aromatic carbocycles. The number of nitrogens with one attached hydrogen (secondary N) is 3. The van der Waals surface area contributed by atoms with Crippen LogP contribution in [0.4, 0.5) is 17.5 Å². The second-order valence-electron chi connectivity index (χ2n) is 6.29. The fourth-order valence-corrected chi connectivity index (χ4v) is 3.35. The van der Waals surface area contributed by atoms with Crippen molar-refractivity contribution >= 4 is 23.0 Å². The van der Waals surface area contributed by atoms with Gasteiger partial charge in [0, 0.05) is 43.0 Å². The van der Waals surface area contributed by atoms with Crippen LogP contribution in [0.1, 0.15) is 24.0 Å². The van der Waals surface area contributed by atoms with Crippen LogP contribution < -0.4 is 20.7 Å². The second-order valence-corrected chi connectivity index (χ2v) is 6.29. The van der Waals surface area contributed by atoms with Gasteiger partial charge in [0.1, 0.15) is 11.6 Å². The molecule has 0 spiro atoms. The topological polar surface area (TPSA) is 71.1 Å². The van der Waals surface area contributed by atoms with Crippen molar-refractivity contribution in [1.82, 2.24) is 15.3 Å². The highest BCUT2D eigenvalue weighted by Crippen LogP contribution is 2.39. The summed E-state index contributed by atoms with van der Waals surface area (Å²) < 4.78 is 5.94. The Hall–Kier alpha value is -2.60. The number of nitrogens with zero attached hydrogens (tertiary/aromatic N) is 2. The molecule has 130 valence electrons. The van der Waals surface area contributed by atoms with Gasteiger partial charge in [-0.25, -0.2) is 4.98 Å². The molecule has 0 saturated heterocycles. The van der Waals surface area contributed by atoms with E-state index < -0.39 is 0 Å². The third-order valence-corrected chi connectivity index (χ3v) is 4.59. The Morgan fingerprint density at radius 1 is 1.24 bits per heavy atom. The van der Waals surface area contributed by atoms with Crippen LogP contribution in [0.15, 0.2) is 30.5 Å². The largest absolute Gasteiger partial charge is 0.492 e. The number of aromatic nitrogens is 2. The highest BCUT2D eigenvalue weighted by Gasteiger charge is 2.21. The zero-order valence-corrected chi connectivity index (χ0v) is 14.4. The SMILES string of the molecule is CNc1ccnc(Nc2cc3c(c(C4=CCNCCC4)c2)OCC3)n1. The summed E-state index contributed by atoms with van der Waals surface area (Å²) in [6.07, 6.45) is 7.19. The Morgan fingerprint density at radius 2 is 2.20 bits per heavy atom. The molecule has 0 fully saturated rings. The fourth-order valence-electron chi connectivity index (χ4n) is 3.35. The van der Waals surface area contributed by atoms with E-state index in [1.807, 2.05) is 13.1 Å². The van der Waals surface area contributed by atoms with Gasteiger partial charge in [0.05, 0.1) is 6.61 Å². The Morgan fingerprint density at radius 3 is 3.12 bits per heavy atom. The predicted octanol–water partition coefficient (Wildman–Crippen LogP) is 2.96. The number of benzene rings is 1. The Kier molecular flexibility index (Phi) is 4.52. The molecule has 0 radical (unpaired) electrons. The lowest BCUT2D eigenvalue weighted by atomic mass is 9.97. The van der Waals surface area contributed by atoms with E-state index in [0.717, 1.165) is 56.2 Å². The third-order valence-electron chi connectivity index (χ3n) is 4.59. The molecular formula is C19H23N5O. The van der Waals surface area contributed by atoms with E-state index in [1.165, 1.54) is 16.7 Å². The standard InChI is InChI=1S/C19H23N5O/c1-20-17-5-9-22-19(24-17)23-15-11-14-6-10-25-18(14)16(12-15)13-3-2-7-21-8-4-13/h4-5,9,11-12,21H,2-3,6-8,10H2,1H3,(H2,20,22,23,24). The average molecular weight is 337 g/mol. The molecule has 6 heteroatoms. The minimum absolute atomic E-state index is 0.591. The number of fused-ring (bicyclic) bond motifs is 1. The van der Waals surface area contributed by atoms with E-state index in [0.29, 0.717) is 5.95 Å². The van der Waals surface area contributed by atoms with Crippen LogP contribution >= 0.6 is 0 Å². The molecule has 2 aromatic rings. The summed E-state index contributed by atoms with van der Waals surface area (Å²) >= 11 is 0. The fraction of sp³-hybridized carbons (Fsp3) is 0.368. The molecule has 6 nitrogen and oxygen atoms in total. The smallest absolute Gasteiger partial charge is 0.229 e. The van der Waals surface area contributed by atoms with E-state index in [-0.39, 0.29) is 0 Å². The second kappa shape index (κ2) is 7.11. The van der Waals surface area contributed by atoms with Crippen molar-refractivity contribution in [2.24, 2.45) is 0 Å². The first-order valence-electron chi connectivity index (χ1n) is 8.81. The first-order valence-corrected chi connectivity index (χ1v) is 8.81. The van der Waals surface area contributed by atoms with Gasteiger partial charge in [-0.05, 0) is 43.2 Å². The molecule has 0 aliphatic carbocycles. The molecule has 3 N–H and O–H groups in total. The Labute approximate surface area is 147 Å². The molecule has 0 saturated carbocycles. The van der Waals surface area contributed by atoms with Crippen molar-refractivity contribution < 1.29 is 4.74 Å². The number of hydrogen-bond acceptors (Lipinski definition) is 6. The minimum Gasteiger partial charge on any atom is -0.492 e. The quantitative estimate of drug-likeness (QED) is 0.797. The van der Waals surface area contributed by atoms with Crippen LogP contribution in [0.25, 0.3) is 5.57 Å². The van der Waals surface area contributed by atoms with Gasteiger partial charge >= 0.3 is 0 Å². The molecule has 0 atom stereocenters. The molecule has 1 aromatic heterocycles. The van der Waals surface area contributed by atoms with Gasteiger partial charge in [0.25, 0.3) is 0 Å². The van der Waals surface area contributed by atoms with Crippen molar-refractivity contribution in [2.45, 2.75) is 19.3 Å². The van der Waals surface area contributed by atoms with Crippen LogP contribution in [0, 0.1) is 0 Å². The highest BCUT2D eigenvalue weighted by atomic mass is 16.5. The molecule has 2 aliphatic rings. The molecule has 4 rings (SSSR count). The lowest BCUT2D eigenvalue weighted by Gasteiger charge is -2.14. The number of rotatable bonds is 4. The monoisotopic (exact) mass is 337 g/mol. The van der Waals surface area contributed by atoms with E-state index in [4.69, 9.17) is 4.74 Å². The summed E-state index contributed by atoms with van der Waals surface area (Å²) in [7, 11) is 1.85. The van der Waals surface area contributed by atoms with Gasteiger partial charge in [0.2, 0.25) is 5.95 Å². The summed E-state index contributed by atoms with van der Waals surface area (Å²) in [5.41, 5.74) is 4.82. The Balaban J connectivity index is 1.69. The molecule has 0 amide bonds. The van der Waals surface area contributed by atoms with Crippen LogP contribution in [0.3, 0.4) is 0 Å². The van der Waals surface area contributed by atoms with Crippen molar-refractivity contribution in [3.63, 3.8) is 0 Å². The molecular weight excluding hydrogens is 314 g/mol. The van der Waals surface area contributed by atoms with Gasteiger partial charge in [-0.1, -0.05) is 6.08 Å².